The second-order valence-corrected chi connectivity index (χ2v) is 2.85. The van der Waals surface area contributed by atoms with Crippen LogP contribution in [0.5, 0.6) is 0 Å². The summed E-state index contributed by atoms with van der Waals surface area (Å²) in [6.45, 7) is 1.76. The van der Waals surface area contributed by atoms with Crippen LogP contribution in [-0.2, 0) is 0 Å². The first-order valence-corrected chi connectivity index (χ1v) is 4.46. The molecule has 0 aliphatic rings. The highest BCUT2D eigenvalue weighted by Gasteiger charge is 1.95. The molecule has 2 rings (SSSR count). The molecule has 0 bridgehead atoms. The zero-order chi connectivity index (χ0) is 10.2. The summed E-state index contributed by atoms with van der Waals surface area (Å²) in [6.07, 6.45) is 4.74. The molecule has 3 heteroatoms. The van der Waals surface area contributed by atoms with Crippen LogP contribution in [0, 0.1) is 0 Å². The number of aliphatic hydroxyl groups is 1. The number of aromatic nitrogens is 2. The first-order valence-electron chi connectivity index (χ1n) is 4.46. The summed E-state index contributed by atoms with van der Waals surface area (Å²) >= 11 is 0. The average Bonchev–Trinajstić information content (AvgIpc) is 2.77. The molecule has 1 unspecified atom stereocenters. The van der Waals surface area contributed by atoms with E-state index in [1.807, 2.05) is 30.3 Å². The van der Waals surface area contributed by atoms with Crippen LogP contribution in [0.25, 0.3) is 0 Å². The molecule has 2 aromatic rings. The van der Waals surface area contributed by atoms with Crippen LogP contribution in [0.4, 0.5) is 0 Å². The Kier molecular flexibility index (Phi) is 4.44. The second kappa shape index (κ2) is 5.94. The largest absolute Gasteiger partial charge is 0.389 e. The Morgan fingerprint density at radius 2 is 2.00 bits per heavy atom. The molecule has 0 saturated carbocycles. The predicted octanol–water partition coefficient (Wildman–Crippen LogP) is 2.15. The summed E-state index contributed by atoms with van der Waals surface area (Å²) in [5.41, 5.74) is 0.970. The van der Waals surface area contributed by atoms with Crippen LogP contribution in [0.3, 0.4) is 0 Å². The van der Waals surface area contributed by atoms with Crippen LogP contribution in [0.15, 0.2) is 49.1 Å². The van der Waals surface area contributed by atoms with Gasteiger partial charge in [-0.2, -0.15) is 0 Å². The summed E-state index contributed by atoms with van der Waals surface area (Å²) in [4.78, 5) is 6.42. The van der Waals surface area contributed by atoms with E-state index in [1.54, 1.807) is 25.6 Å². The van der Waals surface area contributed by atoms with E-state index >= 15 is 0 Å². The fourth-order valence-corrected chi connectivity index (χ4v) is 0.947. The van der Waals surface area contributed by atoms with Gasteiger partial charge in [-0.15, -0.1) is 0 Å². The molecule has 14 heavy (non-hydrogen) atoms. The van der Waals surface area contributed by atoms with Crippen molar-refractivity contribution in [2.45, 2.75) is 13.0 Å². The van der Waals surface area contributed by atoms with Gasteiger partial charge in [0.05, 0.1) is 12.4 Å². The zero-order valence-corrected chi connectivity index (χ0v) is 8.09. The lowest BCUT2D eigenvalue weighted by atomic mass is 10.1. The smallest absolute Gasteiger partial charge is 0.0919 e. The molecule has 1 heterocycles. The lowest BCUT2D eigenvalue weighted by Crippen LogP contribution is -1.87. The average molecular weight is 190 g/mol. The molecule has 0 radical (unpaired) electrons. The Morgan fingerprint density at radius 3 is 2.29 bits per heavy atom. The van der Waals surface area contributed by atoms with Gasteiger partial charge >= 0.3 is 0 Å². The number of benzene rings is 1. The normalized spacial score (nSPS) is 11.3. The van der Waals surface area contributed by atoms with Crippen molar-refractivity contribution in [2.75, 3.05) is 0 Å². The summed E-state index contributed by atoms with van der Waals surface area (Å²) in [5.74, 6) is 0. The quantitative estimate of drug-likeness (QED) is 0.723. The molecular weight excluding hydrogens is 176 g/mol. The van der Waals surface area contributed by atoms with E-state index < -0.39 is 0 Å². The lowest BCUT2D eigenvalue weighted by molar-refractivity contribution is 0.199. The van der Waals surface area contributed by atoms with Crippen molar-refractivity contribution >= 4 is 0 Å². The highest BCUT2D eigenvalue weighted by Crippen LogP contribution is 2.08. The maximum Gasteiger partial charge on any atom is 0.0919 e. The first kappa shape index (κ1) is 10.5. The number of aromatic amines is 1. The Morgan fingerprint density at radius 1 is 1.29 bits per heavy atom. The zero-order valence-electron chi connectivity index (χ0n) is 8.09. The van der Waals surface area contributed by atoms with Crippen molar-refractivity contribution in [3.8, 4) is 0 Å². The van der Waals surface area contributed by atoms with Gasteiger partial charge in [0.15, 0.2) is 0 Å². The van der Waals surface area contributed by atoms with Gasteiger partial charge < -0.3 is 10.1 Å². The minimum absolute atomic E-state index is 0.341. The number of imidazole rings is 1. The van der Waals surface area contributed by atoms with Crippen LogP contribution in [0.2, 0.25) is 0 Å². The fraction of sp³-hybridized carbons (Fsp3) is 0.182. The Bertz CT molecular complexity index is 299. The van der Waals surface area contributed by atoms with Crippen molar-refractivity contribution in [2.24, 2.45) is 0 Å². The summed E-state index contributed by atoms with van der Waals surface area (Å²) in [5, 5.41) is 9.02. The monoisotopic (exact) mass is 190 g/mol. The molecule has 1 aromatic heterocycles. The number of nitrogens with one attached hydrogen (secondary N) is 1. The molecule has 3 nitrogen and oxygen atoms in total. The third-order valence-corrected chi connectivity index (χ3v) is 1.69. The van der Waals surface area contributed by atoms with Crippen molar-refractivity contribution in [1.82, 2.24) is 9.97 Å². The summed E-state index contributed by atoms with van der Waals surface area (Å²) in [6, 6.07) is 9.59. The number of hydrogen-bond donors (Lipinski definition) is 2. The minimum atomic E-state index is -0.341. The van der Waals surface area contributed by atoms with Gasteiger partial charge in [0.1, 0.15) is 0 Å². The van der Waals surface area contributed by atoms with Crippen LogP contribution >= 0.6 is 0 Å². The number of hydrogen-bond acceptors (Lipinski definition) is 2. The van der Waals surface area contributed by atoms with E-state index in [0.717, 1.165) is 5.56 Å². The molecule has 0 aliphatic carbocycles. The van der Waals surface area contributed by atoms with Gasteiger partial charge in [0, 0.05) is 12.4 Å². The van der Waals surface area contributed by atoms with Crippen molar-refractivity contribution in [3.63, 3.8) is 0 Å². The van der Waals surface area contributed by atoms with Crippen molar-refractivity contribution in [1.29, 1.82) is 0 Å². The minimum Gasteiger partial charge on any atom is -0.389 e. The van der Waals surface area contributed by atoms with Gasteiger partial charge in [0.25, 0.3) is 0 Å². The Hall–Kier alpha value is -1.61. The Labute approximate surface area is 83.4 Å². The number of aliphatic hydroxyl groups excluding tert-OH is 1. The van der Waals surface area contributed by atoms with Crippen molar-refractivity contribution < 1.29 is 5.11 Å². The fourth-order valence-electron chi connectivity index (χ4n) is 0.947. The Balaban J connectivity index is 0.000000165. The maximum atomic E-state index is 9.02. The molecule has 2 N–H and O–H groups in total. The number of rotatable bonds is 1. The van der Waals surface area contributed by atoms with Crippen molar-refractivity contribution in [3.05, 3.63) is 54.6 Å². The first-order chi connectivity index (χ1) is 6.80. The molecule has 0 spiro atoms. The van der Waals surface area contributed by atoms with Gasteiger partial charge in [-0.05, 0) is 12.5 Å². The van der Waals surface area contributed by atoms with E-state index in [-0.39, 0.29) is 6.10 Å². The van der Waals surface area contributed by atoms with Gasteiger partial charge in [-0.25, -0.2) is 4.98 Å². The van der Waals surface area contributed by atoms with Gasteiger partial charge in [-0.1, -0.05) is 30.3 Å². The molecule has 1 atom stereocenters. The van der Waals surface area contributed by atoms with E-state index in [0.29, 0.717) is 0 Å². The van der Waals surface area contributed by atoms with E-state index in [2.05, 4.69) is 9.97 Å². The molecule has 0 saturated heterocycles. The SMILES string of the molecule is CC(O)c1ccccc1.c1c[nH]cn1. The summed E-state index contributed by atoms with van der Waals surface area (Å²) in [7, 11) is 0. The van der Waals surface area contributed by atoms with Crippen LogP contribution in [-0.4, -0.2) is 15.1 Å². The maximum absolute atomic E-state index is 9.02. The molecule has 0 aliphatic heterocycles. The van der Waals surface area contributed by atoms with E-state index in [9.17, 15) is 0 Å². The molecule has 0 amide bonds. The highest BCUT2D eigenvalue weighted by atomic mass is 16.3. The van der Waals surface area contributed by atoms with E-state index in [4.69, 9.17) is 5.11 Å². The van der Waals surface area contributed by atoms with E-state index in [1.165, 1.54) is 0 Å². The molecule has 1 aromatic carbocycles. The number of nitrogens with zero attached hydrogens (tertiary/aromatic N) is 1. The predicted molar refractivity (Wildman–Crippen MR) is 55.7 cm³/mol. The topological polar surface area (TPSA) is 48.9 Å². The third-order valence-electron chi connectivity index (χ3n) is 1.69. The van der Waals surface area contributed by atoms with Crippen LogP contribution in [0.1, 0.15) is 18.6 Å². The lowest BCUT2D eigenvalue weighted by Gasteiger charge is -2.00. The molecule has 0 fully saturated rings. The molecule has 74 valence electrons. The standard InChI is InChI=1S/C8H10O.C3H4N2/c1-7(9)8-5-3-2-4-6-8;1-2-5-3-4-1/h2-7,9H,1H3;1-3H,(H,4,5). The van der Waals surface area contributed by atoms with Gasteiger partial charge in [-0.3, -0.25) is 0 Å². The highest BCUT2D eigenvalue weighted by molar-refractivity contribution is 5.16. The van der Waals surface area contributed by atoms with Gasteiger partial charge in [0.2, 0.25) is 0 Å². The summed E-state index contributed by atoms with van der Waals surface area (Å²) < 4.78 is 0. The second-order valence-electron chi connectivity index (χ2n) is 2.85. The third kappa shape index (κ3) is 3.87. The van der Waals surface area contributed by atoms with Crippen LogP contribution < -0.4 is 0 Å². The number of H-pyrrole nitrogens is 1. The molecular formula is C11H14N2O.